The largest absolute Gasteiger partial charge is 0.481 e. The Balaban J connectivity index is 2.78. The van der Waals surface area contributed by atoms with Gasteiger partial charge in [-0.15, -0.1) is 0 Å². The summed E-state index contributed by atoms with van der Waals surface area (Å²) in [5.74, 6) is -1.23. The summed E-state index contributed by atoms with van der Waals surface area (Å²) in [6.07, 6.45) is 2.08. The average Bonchev–Trinajstić information content (AvgIpc) is 2.29. The smallest absolute Gasteiger partial charge is 0.311 e. The van der Waals surface area contributed by atoms with Gasteiger partial charge in [0.05, 0.1) is 23.9 Å². The van der Waals surface area contributed by atoms with Crippen LogP contribution >= 0.6 is 0 Å². The Morgan fingerprint density at radius 2 is 2.31 bits per heavy atom. The van der Waals surface area contributed by atoms with Gasteiger partial charge < -0.3 is 10.2 Å². The topological polar surface area (TPSA) is 83.3 Å². The molecule has 0 amide bonds. The van der Waals surface area contributed by atoms with E-state index >= 15 is 0 Å². The van der Waals surface area contributed by atoms with Crippen molar-refractivity contribution in [2.24, 2.45) is 5.41 Å². The lowest BCUT2D eigenvalue weighted by Crippen LogP contribution is -2.32. The molecule has 0 radical (unpaired) electrons. The molecule has 88 valence electrons. The van der Waals surface area contributed by atoms with Gasteiger partial charge in [0.25, 0.3) is 0 Å². The maximum absolute atomic E-state index is 13.7. The molecule has 1 aromatic rings. The Kier molecular flexibility index (Phi) is 3.89. The van der Waals surface area contributed by atoms with Crippen LogP contribution in [0.5, 0.6) is 0 Å². The minimum Gasteiger partial charge on any atom is -0.481 e. The number of carboxylic acids is 1. The number of aliphatic hydroxyl groups is 1. The second kappa shape index (κ2) is 4.98. The number of carbonyl (C=O) groups is 1. The third kappa shape index (κ3) is 2.73. The van der Waals surface area contributed by atoms with Crippen LogP contribution < -0.4 is 0 Å². The standard InChI is InChI=1S/C10H13FN2O3/c1-10(6-14,9(15)16)4-7(11)8-5-12-2-3-13-8/h2-3,5,7,14H,4,6H2,1H3,(H,15,16). The molecule has 0 aliphatic heterocycles. The first-order valence-electron chi connectivity index (χ1n) is 4.74. The van der Waals surface area contributed by atoms with Crippen LogP contribution in [0.25, 0.3) is 0 Å². The van der Waals surface area contributed by atoms with Gasteiger partial charge in [0.1, 0.15) is 6.17 Å². The summed E-state index contributed by atoms with van der Waals surface area (Å²) in [5, 5.41) is 17.8. The molecule has 1 heterocycles. The van der Waals surface area contributed by atoms with Crippen molar-refractivity contribution in [2.45, 2.75) is 19.5 Å². The predicted octanol–water partition coefficient (Wildman–Crippen LogP) is 0.960. The van der Waals surface area contributed by atoms with E-state index in [1.807, 2.05) is 0 Å². The summed E-state index contributed by atoms with van der Waals surface area (Å²) in [6.45, 7) is 0.668. The van der Waals surface area contributed by atoms with Crippen molar-refractivity contribution < 1.29 is 19.4 Å². The molecule has 0 fully saturated rings. The fourth-order valence-electron chi connectivity index (χ4n) is 1.19. The van der Waals surface area contributed by atoms with Crippen LogP contribution in [0, 0.1) is 5.41 Å². The SMILES string of the molecule is CC(CO)(CC(F)c1cnccn1)C(=O)O. The Labute approximate surface area is 92.0 Å². The van der Waals surface area contributed by atoms with E-state index in [2.05, 4.69) is 9.97 Å². The molecule has 0 bridgehead atoms. The third-order valence-electron chi connectivity index (χ3n) is 2.40. The van der Waals surface area contributed by atoms with Crippen molar-refractivity contribution in [1.29, 1.82) is 0 Å². The highest BCUT2D eigenvalue weighted by atomic mass is 19.1. The van der Waals surface area contributed by atoms with Crippen molar-refractivity contribution in [3.8, 4) is 0 Å². The quantitative estimate of drug-likeness (QED) is 0.784. The Morgan fingerprint density at radius 3 is 2.75 bits per heavy atom. The molecular formula is C10H13FN2O3. The zero-order chi connectivity index (χ0) is 12.2. The summed E-state index contributed by atoms with van der Waals surface area (Å²) < 4.78 is 13.7. The van der Waals surface area contributed by atoms with Gasteiger partial charge in [-0.3, -0.25) is 14.8 Å². The minimum absolute atomic E-state index is 0.0726. The molecule has 2 atom stereocenters. The minimum atomic E-state index is -1.55. The number of rotatable bonds is 5. The summed E-state index contributed by atoms with van der Waals surface area (Å²) in [4.78, 5) is 18.3. The second-order valence-corrected chi connectivity index (χ2v) is 3.83. The van der Waals surface area contributed by atoms with Gasteiger partial charge in [0, 0.05) is 18.8 Å². The number of hydrogen-bond donors (Lipinski definition) is 2. The Hall–Kier alpha value is -1.56. The second-order valence-electron chi connectivity index (χ2n) is 3.83. The monoisotopic (exact) mass is 228 g/mol. The van der Waals surface area contributed by atoms with Gasteiger partial charge in [-0.05, 0) is 6.92 Å². The number of carboxylic acid groups (broad SMARTS) is 1. The molecule has 1 rings (SSSR count). The highest BCUT2D eigenvalue weighted by Gasteiger charge is 2.36. The highest BCUT2D eigenvalue weighted by molar-refractivity contribution is 5.74. The molecule has 0 aromatic carbocycles. The number of halogens is 1. The lowest BCUT2D eigenvalue weighted by Gasteiger charge is -2.23. The van der Waals surface area contributed by atoms with Crippen LogP contribution in [0.3, 0.4) is 0 Å². The molecule has 6 heteroatoms. The number of alkyl halides is 1. The van der Waals surface area contributed by atoms with E-state index in [-0.39, 0.29) is 12.1 Å². The van der Waals surface area contributed by atoms with E-state index in [1.165, 1.54) is 25.5 Å². The molecule has 2 unspecified atom stereocenters. The van der Waals surface area contributed by atoms with Crippen LogP contribution in [0.1, 0.15) is 25.2 Å². The van der Waals surface area contributed by atoms with Gasteiger partial charge in [-0.1, -0.05) is 0 Å². The van der Waals surface area contributed by atoms with Gasteiger partial charge in [0.2, 0.25) is 0 Å². The fraction of sp³-hybridized carbons (Fsp3) is 0.500. The fourth-order valence-corrected chi connectivity index (χ4v) is 1.19. The van der Waals surface area contributed by atoms with Gasteiger partial charge in [0.15, 0.2) is 0 Å². The maximum atomic E-state index is 13.7. The zero-order valence-corrected chi connectivity index (χ0v) is 8.80. The molecular weight excluding hydrogens is 215 g/mol. The predicted molar refractivity (Wildman–Crippen MR) is 53.3 cm³/mol. The number of aliphatic carboxylic acids is 1. The van der Waals surface area contributed by atoms with Crippen LogP contribution in [0.4, 0.5) is 4.39 Å². The molecule has 16 heavy (non-hydrogen) atoms. The van der Waals surface area contributed by atoms with Crippen molar-refractivity contribution in [2.75, 3.05) is 6.61 Å². The molecule has 0 saturated heterocycles. The van der Waals surface area contributed by atoms with Crippen LogP contribution in [0.2, 0.25) is 0 Å². The van der Waals surface area contributed by atoms with E-state index in [0.717, 1.165) is 0 Å². The molecule has 5 nitrogen and oxygen atoms in total. The van der Waals surface area contributed by atoms with Gasteiger partial charge in [-0.25, -0.2) is 4.39 Å². The third-order valence-corrected chi connectivity index (χ3v) is 2.40. The summed E-state index contributed by atoms with van der Waals surface area (Å²) in [7, 11) is 0. The Bertz CT molecular complexity index is 360. The summed E-state index contributed by atoms with van der Waals surface area (Å²) >= 11 is 0. The van der Waals surface area contributed by atoms with E-state index in [1.54, 1.807) is 0 Å². The molecule has 1 aromatic heterocycles. The lowest BCUT2D eigenvalue weighted by atomic mass is 9.85. The first-order valence-corrected chi connectivity index (χ1v) is 4.74. The normalized spacial score (nSPS) is 16.4. The van der Waals surface area contributed by atoms with E-state index < -0.39 is 24.2 Å². The van der Waals surface area contributed by atoms with Crippen molar-refractivity contribution in [3.63, 3.8) is 0 Å². The van der Waals surface area contributed by atoms with Crippen LogP contribution in [-0.2, 0) is 4.79 Å². The Morgan fingerprint density at radius 1 is 1.62 bits per heavy atom. The van der Waals surface area contributed by atoms with Gasteiger partial charge >= 0.3 is 5.97 Å². The van der Waals surface area contributed by atoms with E-state index in [9.17, 15) is 9.18 Å². The number of nitrogens with zero attached hydrogens (tertiary/aromatic N) is 2. The number of aromatic nitrogens is 2. The lowest BCUT2D eigenvalue weighted by molar-refractivity contribution is -0.151. The molecule has 0 saturated carbocycles. The van der Waals surface area contributed by atoms with Crippen molar-refractivity contribution in [3.05, 3.63) is 24.3 Å². The van der Waals surface area contributed by atoms with Crippen LogP contribution in [-0.4, -0.2) is 32.8 Å². The van der Waals surface area contributed by atoms with Crippen molar-refractivity contribution >= 4 is 5.97 Å². The number of hydrogen-bond acceptors (Lipinski definition) is 4. The average molecular weight is 228 g/mol. The molecule has 0 aliphatic carbocycles. The number of aliphatic hydroxyl groups excluding tert-OH is 1. The van der Waals surface area contributed by atoms with Crippen molar-refractivity contribution in [1.82, 2.24) is 9.97 Å². The van der Waals surface area contributed by atoms with Gasteiger partial charge in [-0.2, -0.15) is 0 Å². The maximum Gasteiger partial charge on any atom is 0.311 e. The first kappa shape index (κ1) is 12.5. The summed E-state index contributed by atoms with van der Waals surface area (Å²) in [5.41, 5.74) is -1.43. The zero-order valence-electron chi connectivity index (χ0n) is 8.80. The highest BCUT2D eigenvalue weighted by Crippen LogP contribution is 2.31. The first-order chi connectivity index (χ1) is 7.49. The molecule has 0 spiro atoms. The summed E-state index contributed by atoms with van der Waals surface area (Å²) in [6, 6.07) is 0. The van der Waals surface area contributed by atoms with E-state index in [4.69, 9.17) is 10.2 Å². The molecule has 2 N–H and O–H groups in total. The van der Waals surface area contributed by atoms with Crippen LogP contribution in [0.15, 0.2) is 18.6 Å². The molecule has 0 aliphatic rings. The van der Waals surface area contributed by atoms with E-state index in [0.29, 0.717) is 0 Å².